The van der Waals surface area contributed by atoms with Gasteiger partial charge in [-0.3, -0.25) is 19.5 Å². The summed E-state index contributed by atoms with van der Waals surface area (Å²) in [5, 5.41) is 2.85. The van der Waals surface area contributed by atoms with Gasteiger partial charge in [0.2, 0.25) is 21.8 Å². The van der Waals surface area contributed by atoms with Gasteiger partial charge in [0.25, 0.3) is 0 Å². The summed E-state index contributed by atoms with van der Waals surface area (Å²) in [5.74, 6) is -0.673. The lowest BCUT2D eigenvalue weighted by Crippen LogP contribution is -2.62. The first-order chi connectivity index (χ1) is 14.2. The molecule has 0 bridgehead atoms. The molecule has 0 unspecified atom stereocenters. The third-order valence-corrected chi connectivity index (χ3v) is 6.62. The van der Waals surface area contributed by atoms with Crippen molar-refractivity contribution in [2.45, 2.75) is 43.9 Å². The van der Waals surface area contributed by atoms with Gasteiger partial charge in [-0.05, 0) is 31.4 Å². The number of hydrogen-bond acceptors (Lipinski definition) is 6. The molecule has 3 aliphatic rings. The van der Waals surface area contributed by atoms with Gasteiger partial charge in [-0.15, -0.1) is 0 Å². The molecule has 4 rings (SSSR count). The van der Waals surface area contributed by atoms with Crippen molar-refractivity contribution >= 4 is 21.8 Å². The summed E-state index contributed by atoms with van der Waals surface area (Å²) >= 11 is 0. The van der Waals surface area contributed by atoms with Crippen LogP contribution in [0, 0.1) is 11.7 Å². The number of pyridine rings is 1. The molecule has 0 radical (unpaired) electrons. The zero-order valence-electron chi connectivity index (χ0n) is 16.8. The molecule has 164 valence electrons. The van der Waals surface area contributed by atoms with E-state index in [1.165, 1.54) is 18.3 Å². The smallest absolute Gasteiger partial charge is 0.242 e. The molecule has 2 amide bonds. The number of sulfonamides is 1. The normalized spacial score (nSPS) is 27.2. The first-order valence-electron chi connectivity index (χ1n) is 10.1. The highest BCUT2D eigenvalue weighted by Gasteiger charge is 2.46. The van der Waals surface area contributed by atoms with Crippen molar-refractivity contribution < 1.29 is 22.4 Å². The molecule has 1 aromatic rings. The van der Waals surface area contributed by atoms with Gasteiger partial charge >= 0.3 is 0 Å². The molecule has 0 aromatic carbocycles. The molecule has 9 nitrogen and oxygen atoms in total. The second-order valence-electron chi connectivity index (χ2n) is 8.36. The van der Waals surface area contributed by atoms with Crippen molar-refractivity contribution in [3.05, 3.63) is 29.8 Å². The minimum Gasteiger partial charge on any atom is -0.354 e. The molecule has 11 heteroatoms. The van der Waals surface area contributed by atoms with Crippen molar-refractivity contribution in [2.75, 3.05) is 25.9 Å². The van der Waals surface area contributed by atoms with E-state index in [1.807, 2.05) is 4.90 Å². The number of nitrogens with zero attached hydrogens (tertiary/aromatic N) is 3. The number of fused-ring (bicyclic) bond motifs is 1. The fraction of sp³-hybridized carbons (Fsp3) is 0.632. The van der Waals surface area contributed by atoms with Crippen LogP contribution >= 0.6 is 0 Å². The molecule has 30 heavy (non-hydrogen) atoms. The van der Waals surface area contributed by atoms with Crippen molar-refractivity contribution in [3.8, 4) is 0 Å². The Labute approximate surface area is 175 Å². The van der Waals surface area contributed by atoms with Crippen LogP contribution in [0.15, 0.2) is 18.3 Å². The highest BCUT2D eigenvalue weighted by Crippen LogP contribution is 2.30. The summed E-state index contributed by atoms with van der Waals surface area (Å²) in [6.45, 7) is 1.01. The third kappa shape index (κ3) is 4.79. The van der Waals surface area contributed by atoms with E-state index in [-0.39, 0.29) is 55.1 Å². The number of amides is 2. The highest BCUT2D eigenvalue weighted by molar-refractivity contribution is 7.88. The predicted molar refractivity (Wildman–Crippen MR) is 106 cm³/mol. The van der Waals surface area contributed by atoms with Gasteiger partial charge < -0.3 is 10.2 Å². The molecule has 3 heterocycles. The Morgan fingerprint density at radius 3 is 2.77 bits per heavy atom. The Bertz CT molecular complexity index is 939. The average Bonchev–Trinajstić information content (AvgIpc) is 3.43. The summed E-state index contributed by atoms with van der Waals surface area (Å²) < 4.78 is 40.0. The standard InChI is InChI=1S/C19H26FN5O4S/c1-30(28,29)23-13-7-14-10-24(11-16-15(20)3-2-6-21-16)17(19(27)25(14)9-13)8-22-18(26)12-4-5-12/h2-3,6,12-14,17,23H,4-5,7-11H2,1H3,(H,22,26)/t13-,14-,17-/m0/s1. The maximum atomic E-state index is 14.2. The Hall–Kier alpha value is -2.11. The van der Waals surface area contributed by atoms with Crippen LogP contribution in [0.1, 0.15) is 25.0 Å². The second kappa shape index (κ2) is 8.20. The van der Waals surface area contributed by atoms with Crippen LogP contribution in [0.3, 0.4) is 0 Å². The number of aromatic nitrogens is 1. The van der Waals surface area contributed by atoms with Crippen molar-refractivity contribution in [3.63, 3.8) is 0 Å². The average molecular weight is 440 g/mol. The lowest BCUT2D eigenvalue weighted by molar-refractivity contribution is -0.144. The molecule has 1 aliphatic carbocycles. The summed E-state index contributed by atoms with van der Waals surface area (Å²) in [6.07, 6.45) is 4.81. The quantitative estimate of drug-likeness (QED) is 0.590. The zero-order chi connectivity index (χ0) is 21.5. The van der Waals surface area contributed by atoms with E-state index >= 15 is 0 Å². The molecule has 2 N–H and O–H groups in total. The van der Waals surface area contributed by atoms with Crippen molar-refractivity contribution in [1.29, 1.82) is 0 Å². The molecule has 2 saturated heterocycles. The lowest BCUT2D eigenvalue weighted by atomic mass is 10.0. The zero-order valence-corrected chi connectivity index (χ0v) is 17.6. The fourth-order valence-corrected chi connectivity index (χ4v) is 5.08. The van der Waals surface area contributed by atoms with E-state index in [0.717, 1.165) is 19.1 Å². The molecule has 2 aliphatic heterocycles. The Kier molecular flexibility index (Phi) is 5.78. The molecule has 3 atom stereocenters. The number of carbonyl (C=O) groups is 2. The van der Waals surface area contributed by atoms with Crippen LogP contribution in [-0.2, 0) is 26.2 Å². The van der Waals surface area contributed by atoms with Crippen LogP contribution in [0.5, 0.6) is 0 Å². The second-order valence-corrected chi connectivity index (χ2v) is 10.1. The van der Waals surface area contributed by atoms with Crippen LogP contribution in [-0.4, -0.2) is 79.0 Å². The molecule has 0 spiro atoms. The molecule has 3 fully saturated rings. The van der Waals surface area contributed by atoms with Gasteiger partial charge in [0.15, 0.2) is 0 Å². The number of hydrogen-bond donors (Lipinski definition) is 2. The first kappa shape index (κ1) is 21.1. The molecule has 1 aromatic heterocycles. The van der Waals surface area contributed by atoms with Gasteiger partial charge in [0.1, 0.15) is 11.9 Å². The molecular weight excluding hydrogens is 413 g/mol. The van der Waals surface area contributed by atoms with Gasteiger partial charge in [-0.1, -0.05) is 0 Å². The monoisotopic (exact) mass is 439 g/mol. The number of halogens is 1. The Morgan fingerprint density at radius 2 is 2.10 bits per heavy atom. The first-order valence-corrected chi connectivity index (χ1v) is 12.0. The fourth-order valence-electron chi connectivity index (χ4n) is 4.30. The predicted octanol–water partition coefficient (Wildman–Crippen LogP) is -0.550. The number of piperazine rings is 1. The van der Waals surface area contributed by atoms with Crippen LogP contribution in [0.2, 0.25) is 0 Å². The Balaban J connectivity index is 1.52. The van der Waals surface area contributed by atoms with Gasteiger partial charge in [0.05, 0.1) is 11.9 Å². The van der Waals surface area contributed by atoms with E-state index < -0.39 is 21.9 Å². The SMILES string of the molecule is CS(=O)(=O)N[C@H]1C[C@H]2CN(Cc3ncccc3F)[C@@H](CNC(=O)C3CC3)C(=O)N2C1. The highest BCUT2D eigenvalue weighted by atomic mass is 32.2. The van der Waals surface area contributed by atoms with Gasteiger partial charge in [0, 0.05) is 50.4 Å². The Morgan fingerprint density at radius 1 is 1.33 bits per heavy atom. The topological polar surface area (TPSA) is 112 Å². The summed E-state index contributed by atoms with van der Waals surface area (Å²) in [4.78, 5) is 33.0. The van der Waals surface area contributed by atoms with Gasteiger partial charge in [-0.2, -0.15) is 0 Å². The van der Waals surface area contributed by atoms with Crippen LogP contribution < -0.4 is 10.0 Å². The summed E-state index contributed by atoms with van der Waals surface area (Å²) in [5.41, 5.74) is 0.237. The van der Waals surface area contributed by atoms with Gasteiger partial charge in [-0.25, -0.2) is 17.5 Å². The summed E-state index contributed by atoms with van der Waals surface area (Å²) in [7, 11) is -3.39. The van der Waals surface area contributed by atoms with Crippen molar-refractivity contribution in [2.24, 2.45) is 5.92 Å². The van der Waals surface area contributed by atoms with E-state index in [2.05, 4.69) is 15.0 Å². The van der Waals surface area contributed by atoms with E-state index in [4.69, 9.17) is 0 Å². The third-order valence-electron chi connectivity index (χ3n) is 5.85. The number of nitrogens with one attached hydrogen (secondary N) is 2. The number of carbonyl (C=O) groups excluding carboxylic acids is 2. The molecule has 1 saturated carbocycles. The number of rotatable bonds is 7. The summed E-state index contributed by atoms with van der Waals surface area (Å²) in [6, 6.07) is 1.64. The van der Waals surface area contributed by atoms with E-state index in [9.17, 15) is 22.4 Å². The van der Waals surface area contributed by atoms with E-state index in [1.54, 1.807) is 4.90 Å². The maximum Gasteiger partial charge on any atom is 0.242 e. The van der Waals surface area contributed by atoms with Crippen LogP contribution in [0.4, 0.5) is 4.39 Å². The largest absolute Gasteiger partial charge is 0.354 e. The minimum absolute atomic E-state index is 0.0215. The van der Waals surface area contributed by atoms with Crippen molar-refractivity contribution in [1.82, 2.24) is 24.8 Å². The van der Waals surface area contributed by atoms with Crippen LogP contribution in [0.25, 0.3) is 0 Å². The molecular formula is C19H26FN5O4S. The maximum absolute atomic E-state index is 14.2. The van der Waals surface area contributed by atoms with E-state index in [0.29, 0.717) is 13.0 Å². The minimum atomic E-state index is -3.39. The lowest BCUT2D eigenvalue weighted by Gasteiger charge is -2.42.